The van der Waals surface area contributed by atoms with Crippen LogP contribution in [0.1, 0.15) is 43.0 Å². The molecule has 2 amide bonds. The quantitative estimate of drug-likeness (QED) is 0.542. The standard InChI is InChI=1S/C17H25N3O4S/c1-2-20(10-16(22)23)14-8-13(9-14)19-15(21)4-3-6-18-17(24)12-5-7-25-11-12/h5,7,11,13-14H,2-4,6,8-10H2,1H3,(H,18,24)(H,19,21)(H,22,23). The number of carbonyl (C=O) groups is 3. The highest BCUT2D eigenvalue weighted by Crippen LogP contribution is 2.25. The van der Waals surface area contributed by atoms with E-state index in [0.29, 0.717) is 31.5 Å². The molecule has 138 valence electrons. The smallest absolute Gasteiger partial charge is 0.317 e. The minimum atomic E-state index is -0.821. The number of rotatable bonds is 10. The zero-order valence-electron chi connectivity index (χ0n) is 14.4. The Kier molecular flexibility index (Phi) is 7.39. The Hall–Kier alpha value is -1.93. The predicted octanol–water partition coefficient (Wildman–Crippen LogP) is 1.31. The molecule has 0 spiro atoms. The Balaban J connectivity index is 1.56. The molecular formula is C17H25N3O4S. The number of carbonyl (C=O) groups excluding carboxylic acids is 2. The molecule has 1 aromatic heterocycles. The third-order valence-electron chi connectivity index (χ3n) is 4.39. The van der Waals surface area contributed by atoms with Gasteiger partial charge in [-0.05, 0) is 37.3 Å². The summed E-state index contributed by atoms with van der Waals surface area (Å²) in [4.78, 5) is 36.4. The van der Waals surface area contributed by atoms with Crippen molar-refractivity contribution in [1.82, 2.24) is 15.5 Å². The minimum Gasteiger partial charge on any atom is -0.480 e. The third-order valence-corrected chi connectivity index (χ3v) is 5.07. The van der Waals surface area contributed by atoms with Gasteiger partial charge in [-0.3, -0.25) is 19.3 Å². The summed E-state index contributed by atoms with van der Waals surface area (Å²) in [5.74, 6) is -0.949. The van der Waals surface area contributed by atoms with Crippen molar-refractivity contribution in [3.63, 3.8) is 0 Å². The summed E-state index contributed by atoms with van der Waals surface area (Å²) in [5, 5.41) is 18.3. The van der Waals surface area contributed by atoms with Crippen LogP contribution in [0.25, 0.3) is 0 Å². The van der Waals surface area contributed by atoms with E-state index < -0.39 is 5.97 Å². The number of hydrogen-bond acceptors (Lipinski definition) is 5. The molecule has 0 atom stereocenters. The van der Waals surface area contributed by atoms with Gasteiger partial charge in [-0.15, -0.1) is 0 Å². The zero-order valence-corrected chi connectivity index (χ0v) is 15.2. The lowest BCUT2D eigenvalue weighted by atomic mass is 9.85. The minimum absolute atomic E-state index is 0.0190. The normalized spacial score (nSPS) is 19.3. The first kappa shape index (κ1) is 19.4. The molecule has 1 aliphatic rings. The number of carboxylic acid groups (broad SMARTS) is 1. The molecule has 7 nitrogen and oxygen atoms in total. The van der Waals surface area contributed by atoms with Gasteiger partial charge in [0.15, 0.2) is 0 Å². The highest BCUT2D eigenvalue weighted by Gasteiger charge is 2.34. The van der Waals surface area contributed by atoms with Gasteiger partial charge in [-0.2, -0.15) is 11.3 Å². The van der Waals surface area contributed by atoms with Gasteiger partial charge in [0.1, 0.15) is 0 Å². The van der Waals surface area contributed by atoms with E-state index in [0.717, 1.165) is 12.8 Å². The Labute approximate surface area is 151 Å². The third kappa shape index (κ3) is 6.13. The molecule has 0 aromatic carbocycles. The number of thiophene rings is 1. The monoisotopic (exact) mass is 367 g/mol. The van der Waals surface area contributed by atoms with E-state index in [2.05, 4.69) is 10.6 Å². The number of amides is 2. The highest BCUT2D eigenvalue weighted by atomic mass is 32.1. The lowest BCUT2D eigenvalue weighted by molar-refractivity contribution is -0.139. The van der Waals surface area contributed by atoms with E-state index in [9.17, 15) is 14.4 Å². The SMILES string of the molecule is CCN(CC(=O)O)C1CC(NC(=O)CCCNC(=O)c2ccsc2)C1. The highest BCUT2D eigenvalue weighted by molar-refractivity contribution is 7.08. The van der Waals surface area contributed by atoms with Gasteiger partial charge >= 0.3 is 5.97 Å². The van der Waals surface area contributed by atoms with Gasteiger partial charge in [0.25, 0.3) is 5.91 Å². The number of carboxylic acids is 1. The van der Waals surface area contributed by atoms with E-state index >= 15 is 0 Å². The fourth-order valence-corrected chi connectivity index (χ4v) is 3.56. The van der Waals surface area contributed by atoms with Gasteiger partial charge in [-0.25, -0.2) is 0 Å². The molecule has 0 unspecified atom stereocenters. The second-order valence-electron chi connectivity index (χ2n) is 6.22. The van der Waals surface area contributed by atoms with Crippen LogP contribution in [-0.4, -0.2) is 59.5 Å². The maximum Gasteiger partial charge on any atom is 0.317 e. The Bertz CT molecular complexity index is 585. The Morgan fingerprint density at radius 3 is 2.72 bits per heavy atom. The second-order valence-corrected chi connectivity index (χ2v) is 7.00. The number of nitrogens with zero attached hydrogens (tertiary/aromatic N) is 1. The zero-order chi connectivity index (χ0) is 18.2. The second kappa shape index (κ2) is 9.53. The number of nitrogens with one attached hydrogen (secondary N) is 2. The van der Waals surface area contributed by atoms with Crippen molar-refractivity contribution in [2.24, 2.45) is 0 Å². The van der Waals surface area contributed by atoms with Crippen molar-refractivity contribution in [3.05, 3.63) is 22.4 Å². The summed E-state index contributed by atoms with van der Waals surface area (Å²) in [5.41, 5.74) is 0.650. The van der Waals surface area contributed by atoms with E-state index in [-0.39, 0.29) is 30.4 Å². The summed E-state index contributed by atoms with van der Waals surface area (Å²) in [7, 11) is 0. The molecule has 8 heteroatoms. The molecule has 1 aliphatic carbocycles. The van der Waals surface area contributed by atoms with Crippen molar-refractivity contribution in [3.8, 4) is 0 Å². The first-order valence-electron chi connectivity index (χ1n) is 8.55. The summed E-state index contributed by atoms with van der Waals surface area (Å²) >= 11 is 1.47. The molecule has 0 saturated heterocycles. The Morgan fingerprint density at radius 2 is 2.12 bits per heavy atom. The van der Waals surface area contributed by atoms with Crippen molar-refractivity contribution in [2.45, 2.75) is 44.7 Å². The van der Waals surface area contributed by atoms with E-state index in [1.807, 2.05) is 17.2 Å². The van der Waals surface area contributed by atoms with E-state index in [1.165, 1.54) is 11.3 Å². The first-order valence-corrected chi connectivity index (χ1v) is 9.49. The number of aliphatic carboxylic acids is 1. The van der Waals surface area contributed by atoms with Gasteiger partial charge in [0, 0.05) is 36.0 Å². The van der Waals surface area contributed by atoms with Crippen molar-refractivity contribution in [1.29, 1.82) is 0 Å². The topological polar surface area (TPSA) is 98.7 Å². The van der Waals surface area contributed by atoms with Crippen LogP contribution in [-0.2, 0) is 9.59 Å². The van der Waals surface area contributed by atoms with Crippen molar-refractivity contribution in [2.75, 3.05) is 19.6 Å². The van der Waals surface area contributed by atoms with Crippen LogP contribution < -0.4 is 10.6 Å². The predicted molar refractivity (Wildman–Crippen MR) is 95.7 cm³/mol. The van der Waals surface area contributed by atoms with Crippen LogP contribution in [0.5, 0.6) is 0 Å². The Morgan fingerprint density at radius 1 is 1.36 bits per heavy atom. The molecule has 0 bridgehead atoms. The van der Waals surface area contributed by atoms with Gasteiger partial charge < -0.3 is 15.7 Å². The maximum atomic E-state index is 11.9. The van der Waals surface area contributed by atoms with E-state index in [4.69, 9.17) is 5.11 Å². The summed E-state index contributed by atoms with van der Waals surface area (Å²) < 4.78 is 0. The molecule has 1 fully saturated rings. The average molecular weight is 367 g/mol. The molecule has 2 rings (SSSR count). The molecule has 0 aliphatic heterocycles. The van der Waals surface area contributed by atoms with Gasteiger partial charge in [0.05, 0.1) is 6.54 Å². The van der Waals surface area contributed by atoms with Crippen molar-refractivity contribution >= 4 is 29.1 Å². The summed E-state index contributed by atoms with van der Waals surface area (Å²) in [6, 6.07) is 2.13. The van der Waals surface area contributed by atoms with Crippen LogP contribution >= 0.6 is 11.3 Å². The molecule has 0 radical (unpaired) electrons. The fourth-order valence-electron chi connectivity index (χ4n) is 2.92. The van der Waals surface area contributed by atoms with Gasteiger partial charge in [0.2, 0.25) is 5.91 Å². The lowest BCUT2D eigenvalue weighted by Gasteiger charge is -2.42. The summed E-state index contributed by atoms with van der Waals surface area (Å²) in [6.45, 7) is 3.16. The molecule has 25 heavy (non-hydrogen) atoms. The number of hydrogen-bond donors (Lipinski definition) is 3. The maximum absolute atomic E-state index is 11.9. The molecule has 1 aromatic rings. The first-order chi connectivity index (χ1) is 12.0. The molecule has 1 saturated carbocycles. The van der Waals surface area contributed by atoms with Crippen LogP contribution in [0.15, 0.2) is 16.8 Å². The average Bonchev–Trinajstić information content (AvgIpc) is 3.06. The lowest BCUT2D eigenvalue weighted by Crippen LogP contribution is -2.54. The van der Waals surface area contributed by atoms with E-state index in [1.54, 1.807) is 11.4 Å². The molecule has 3 N–H and O–H groups in total. The van der Waals surface area contributed by atoms with Crippen LogP contribution in [0.2, 0.25) is 0 Å². The van der Waals surface area contributed by atoms with Crippen LogP contribution in [0.4, 0.5) is 0 Å². The van der Waals surface area contributed by atoms with Gasteiger partial charge in [-0.1, -0.05) is 6.92 Å². The molecule has 1 heterocycles. The largest absolute Gasteiger partial charge is 0.480 e. The fraction of sp³-hybridized carbons (Fsp3) is 0.588. The van der Waals surface area contributed by atoms with Crippen molar-refractivity contribution < 1.29 is 19.5 Å². The molecular weight excluding hydrogens is 342 g/mol. The van der Waals surface area contributed by atoms with Crippen LogP contribution in [0, 0.1) is 0 Å². The number of likely N-dealkylation sites (N-methyl/N-ethyl adjacent to an activating group) is 1. The van der Waals surface area contributed by atoms with Crippen LogP contribution in [0.3, 0.4) is 0 Å². The summed E-state index contributed by atoms with van der Waals surface area (Å²) in [6.07, 6.45) is 2.55.